The fourth-order valence-electron chi connectivity index (χ4n) is 3.26. The lowest BCUT2D eigenvalue weighted by Gasteiger charge is -2.35. The highest BCUT2D eigenvalue weighted by Crippen LogP contribution is 2.16. The van der Waals surface area contributed by atoms with Crippen LogP contribution in [-0.4, -0.2) is 66.4 Å². The largest absolute Gasteiger partial charge is 0.494 e. The summed E-state index contributed by atoms with van der Waals surface area (Å²) in [7, 11) is 3.60. The molecule has 0 radical (unpaired) electrons. The molecule has 1 aromatic carbocycles. The second-order valence-electron chi connectivity index (χ2n) is 7.18. The maximum atomic E-state index is 12.6. The Balaban J connectivity index is 1.37. The van der Waals surface area contributed by atoms with Crippen LogP contribution in [0.5, 0.6) is 5.75 Å². The lowest BCUT2D eigenvalue weighted by Crippen LogP contribution is -2.55. The van der Waals surface area contributed by atoms with E-state index in [1.165, 1.54) is 5.56 Å². The van der Waals surface area contributed by atoms with Gasteiger partial charge in [-0.05, 0) is 31.9 Å². The average molecular weight is 399 g/mol. The van der Waals surface area contributed by atoms with Crippen molar-refractivity contribution in [1.82, 2.24) is 20.0 Å². The molecule has 0 atom stereocenters. The summed E-state index contributed by atoms with van der Waals surface area (Å²) >= 11 is 0. The van der Waals surface area contributed by atoms with Crippen LogP contribution in [0.2, 0.25) is 0 Å². The summed E-state index contributed by atoms with van der Waals surface area (Å²) < 4.78 is 7.46. The van der Waals surface area contributed by atoms with Crippen molar-refractivity contribution in [3.63, 3.8) is 0 Å². The number of carbonyl (C=O) groups excluding carboxylic acids is 1. The van der Waals surface area contributed by atoms with Gasteiger partial charge in [0.25, 0.3) is 0 Å². The number of guanidine groups is 1. The van der Waals surface area contributed by atoms with Gasteiger partial charge in [-0.1, -0.05) is 17.7 Å². The Labute approximate surface area is 172 Å². The van der Waals surface area contributed by atoms with Crippen molar-refractivity contribution in [3.05, 3.63) is 42.2 Å². The fraction of sp³-hybridized carbons (Fsp3) is 0.476. The van der Waals surface area contributed by atoms with Crippen LogP contribution in [0.15, 0.2) is 41.7 Å². The number of piperazine rings is 1. The van der Waals surface area contributed by atoms with Gasteiger partial charge in [-0.2, -0.15) is 5.10 Å². The Hall–Kier alpha value is -3.03. The number of hydrogen-bond donors (Lipinski definition) is 1. The molecular formula is C21H30N6O2. The zero-order chi connectivity index (χ0) is 20.6. The molecule has 3 rings (SSSR count). The zero-order valence-corrected chi connectivity index (χ0v) is 17.5. The van der Waals surface area contributed by atoms with Crippen molar-refractivity contribution in [2.75, 3.05) is 44.7 Å². The Bertz CT molecular complexity index is 830. The van der Waals surface area contributed by atoms with Gasteiger partial charge in [0.05, 0.1) is 18.5 Å². The molecule has 2 heterocycles. The number of hydrogen-bond acceptors (Lipinski definition) is 4. The van der Waals surface area contributed by atoms with E-state index >= 15 is 0 Å². The molecular weight excluding hydrogens is 368 g/mol. The number of amides is 1. The van der Waals surface area contributed by atoms with Crippen LogP contribution in [-0.2, 0) is 11.8 Å². The standard InChI is InChI=1S/C21H30N6O2/c1-17-6-8-19(9-7-17)29-13-5-4-10-23-21(22-2)26-11-12-27(20(28)16-26)18-14-24-25(3)15-18/h6-9,14-15H,4-5,10-13,16H2,1-3H3,(H,22,23). The van der Waals surface area contributed by atoms with Crippen LogP contribution in [0.4, 0.5) is 5.69 Å². The first-order chi connectivity index (χ1) is 14.1. The molecule has 1 fully saturated rings. The maximum absolute atomic E-state index is 12.6. The Morgan fingerprint density at radius 2 is 2.03 bits per heavy atom. The summed E-state index contributed by atoms with van der Waals surface area (Å²) in [5, 5.41) is 7.51. The second kappa shape index (κ2) is 9.95. The summed E-state index contributed by atoms with van der Waals surface area (Å²) in [6.45, 7) is 5.21. The predicted molar refractivity (Wildman–Crippen MR) is 114 cm³/mol. The van der Waals surface area contributed by atoms with E-state index in [1.54, 1.807) is 22.8 Å². The molecule has 0 spiro atoms. The SMILES string of the molecule is CN=C(NCCCCOc1ccc(C)cc1)N1CCN(c2cnn(C)c2)C(=O)C1. The molecule has 1 aromatic heterocycles. The van der Waals surface area contributed by atoms with Crippen molar-refractivity contribution >= 4 is 17.6 Å². The average Bonchev–Trinajstić information content (AvgIpc) is 3.15. The van der Waals surface area contributed by atoms with Gasteiger partial charge in [0.2, 0.25) is 5.91 Å². The van der Waals surface area contributed by atoms with E-state index in [0.717, 1.165) is 43.3 Å². The van der Waals surface area contributed by atoms with Gasteiger partial charge in [-0.3, -0.25) is 14.5 Å². The highest BCUT2D eigenvalue weighted by Gasteiger charge is 2.27. The molecule has 0 saturated carbocycles. The minimum absolute atomic E-state index is 0.0543. The Kier molecular flexibility index (Phi) is 7.10. The van der Waals surface area contributed by atoms with Crippen molar-refractivity contribution < 1.29 is 9.53 Å². The van der Waals surface area contributed by atoms with Gasteiger partial charge in [0.15, 0.2) is 5.96 Å². The third-order valence-electron chi connectivity index (χ3n) is 4.88. The summed E-state index contributed by atoms with van der Waals surface area (Å²) in [4.78, 5) is 20.7. The number of carbonyl (C=O) groups is 1. The van der Waals surface area contributed by atoms with Crippen molar-refractivity contribution in [2.24, 2.45) is 12.0 Å². The van der Waals surface area contributed by atoms with E-state index in [2.05, 4.69) is 34.5 Å². The smallest absolute Gasteiger partial charge is 0.246 e. The molecule has 1 N–H and O–H groups in total. The van der Waals surface area contributed by atoms with Crippen LogP contribution < -0.4 is 15.0 Å². The first-order valence-electron chi connectivity index (χ1n) is 10.0. The predicted octanol–water partition coefficient (Wildman–Crippen LogP) is 1.81. The maximum Gasteiger partial charge on any atom is 0.246 e. The van der Waals surface area contributed by atoms with Gasteiger partial charge < -0.3 is 19.9 Å². The Morgan fingerprint density at radius 3 is 2.69 bits per heavy atom. The van der Waals surface area contributed by atoms with E-state index in [4.69, 9.17) is 4.74 Å². The van der Waals surface area contributed by atoms with Gasteiger partial charge in [0.1, 0.15) is 12.3 Å². The van der Waals surface area contributed by atoms with Crippen LogP contribution in [0.1, 0.15) is 18.4 Å². The monoisotopic (exact) mass is 398 g/mol. The molecule has 1 saturated heterocycles. The normalized spacial score (nSPS) is 15.0. The molecule has 29 heavy (non-hydrogen) atoms. The van der Waals surface area contributed by atoms with Crippen LogP contribution in [0.3, 0.4) is 0 Å². The highest BCUT2D eigenvalue weighted by atomic mass is 16.5. The molecule has 0 aliphatic carbocycles. The number of anilines is 1. The number of aryl methyl sites for hydroxylation is 2. The number of unbranched alkanes of at least 4 members (excludes halogenated alkanes) is 1. The summed E-state index contributed by atoms with van der Waals surface area (Å²) in [5.74, 6) is 1.73. The van der Waals surface area contributed by atoms with E-state index in [0.29, 0.717) is 19.7 Å². The molecule has 1 amide bonds. The Morgan fingerprint density at radius 1 is 1.24 bits per heavy atom. The third-order valence-corrected chi connectivity index (χ3v) is 4.88. The summed E-state index contributed by atoms with van der Waals surface area (Å²) in [6.07, 6.45) is 5.50. The van der Waals surface area contributed by atoms with Crippen LogP contribution >= 0.6 is 0 Å². The number of ether oxygens (including phenoxy) is 1. The quantitative estimate of drug-likeness (QED) is 0.437. The van der Waals surface area contributed by atoms with Gasteiger partial charge in [-0.25, -0.2) is 0 Å². The molecule has 2 aromatic rings. The van der Waals surface area contributed by atoms with Crippen molar-refractivity contribution in [1.29, 1.82) is 0 Å². The number of aromatic nitrogens is 2. The van der Waals surface area contributed by atoms with Gasteiger partial charge >= 0.3 is 0 Å². The zero-order valence-electron chi connectivity index (χ0n) is 17.5. The van der Waals surface area contributed by atoms with E-state index < -0.39 is 0 Å². The lowest BCUT2D eigenvalue weighted by molar-refractivity contribution is -0.120. The summed E-state index contributed by atoms with van der Waals surface area (Å²) in [5.41, 5.74) is 2.07. The van der Waals surface area contributed by atoms with E-state index in [9.17, 15) is 4.79 Å². The molecule has 8 heteroatoms. The first kappa shape index (κ1) is 20.7. The second-order valence-corrected chi connectivity index (χ2v) is 7.18. The van der Waals surface area contributed by atoms with Crippen LogP contribution in [0.25, 0.3) is 0 Å². The topological polar surface area (TPSA) is 75.0 Å². The highest BCUT2D eigenvalue weighted by molar-refractivity contribution is 5.98. The van der Waals surface area contributed by atoms with Gasteiger partial charge in [-0.15, -0.1) is 0 Å². The molecule has 0 unspecified atom stereocenters. The van der Waals surface area contributed by atoms with E-state index in [-0.39, 0.29) is 5.91 Å². The summed E-state index contributed by atoms with van der Waals surface area (Å²) in [6, 6.07) is 8.10. The van der Waals surface area contributed by atoms with E-state index in [1.807, 2.05) is 30.3 Å². The number of nitrogens with zero attached hydrogens (tertiary/aromatic N) is 5. The molecule has 156 valence electrons. The number of rotatable bonds is 7. The third kappa shape index (κ3) is 5.73. The van der Waals surface area contributed by atoms with Crippen molar-refractivity contribution in [3.8, 4) is 5.75 Å². The fourth-order valence-corrected chi connectivity index (χ4v) is 3.26. The number of nitrogens with one attached hydrogen (secondary N) is 1. The molecule has 1 aliphatic rings. The number of benzene rings is 1. The molecule has 1 aliphatic heterocycles. The first-order valence-corrected chi connectivity index (χ1v) is 10.0. The lowest BCUT2D eigenvalue weighted by atomic mass is 10.2. The molecule has 8 nitrogen and oxygen atoms in total. The van der Waals surface area contributed by atoms with Gasteiger partial charge in [0, 0.05) is 39.9 Å². The number of aliphatic imine (C=N–C) groups is 1. The minimum Gasteiger partial charge on any atom is -0.494 e. The molecule has 0 bridgehead atoms. The van der Waals surface area contributed by atoms with Crippen molar-refractivity contribution in [2.45, 2.75) is 19.8 Å². The minimum atomic E-state index is 0.0543. The van der Waals surface area contributed by atoms with Crippen LogP contribution in [0, 0.1) is 6.92 Å².